The number of rotatable bonds is 6. The SMILES string of the molecule is CCCN(CC(C)C(=O)O)c1ccc(Cl)cc1Cl. The van der Waals surface area contributed by atoms with Crippen molar-refractivity contribution in [2.75, 3.05) is 18.0 Å². The topological polar surface area (TPSA) is 40.5 Å². The normalized spacial score (nSPS) is 12.2. The summed E-state index contributed by atoms with van der Waals surface area (Å²) in [5, 5.41) is 10.1. The van der Waals surface area contributed by atoms with E-state index in [0.29, 0.717) is 16.6 Å². The van der Waals surface area contributed by atoms with Crippen LogP contribution in [0.5, 0.6) is 0 Å². The maximum atomic E-state index is 10.9. The standard InChI is InChI=1S/C13H17Cl2NO2/c1-3-6-16(8-9(2)13(17)18)12-5-4-10(14)7-11(12)15/h4-5,7,9H,3,6,8H2,1-2H3,(H,17,18). The fourth-order valence-corrected chi connectivity index (χ4v) is 2.25. The molecule has 0 heterocycles. The van der Waals surface area contributed by atoms with E-state index in [0.717, 1.165) is 18.7 Å². The lowest BCUT2D eigenvalue weighted by atomic mass is 10.1. The molecule has 0 bridgehead atoms. The molecule has 1 N–H and O–H groups in total. The number of carboxylic acids is 1. The molecule has 0 radical (unpaired) electrons. The number of nitrogens with zero attached hydrogens (tertiary/aromatic N) is 1. The van der Waals surface area contributed by atoms with E-state index in [-0.39, 0.29) is 0 Å². The van der Waals surface area contributed by atoms with E-state index in [1.54, 1.807) is 19.1 Å². The second-order valence-electron chi connectivity index (χ2n) is 4.28. The molecule has 0 aliphatic heterocycles. The number of hydrogen-bond acceptors (Lipinski definition) is 2. The molecule has 1 atom stereocenters. The second-order valence-corrected chi connectivity index (χ2v) is 5.12. The van der Waals surface area contributed by atoms with Gasteiger partial charge in [0.15, 0.2) is 0 Å². The Balaban J connectivity index is 2.93. The number of hydrogen-bond donors (Lipinski definition) is 1. The number of aliphatic carboxylic acids is 1. The molecule has 5 heteroatoms. The number of carboxylic acid groups (broad SMARTS) is 1. The van der Waals surface area contributed by atoms with Gasteiger partial charge in [-0.05, 0) is 24.6 Å². The van der Waals surface area contributed by atoms with Gasteiger partial charge in [0.2, 0.25) is 0 Å². The van der Waals surface area contributed by atoms with E-state index in [2.05, 4.69) is 0 Å². The molecule has 0 fully saturated rings. The molecule has 0 amide bonds. The quantitative estimate of drug-likeness (QED) is 0.863. The number of halogens is 2. The Labute approximate surface area is 117 Å². The van der Waals surface area contributed by atoms with Crippen molar-refractivity contribution >= 4 is 34.9 Å². The first-order valence-electron chi connectivity index (χ1n) is 5.88. The molecule has 1 aromatic carbocycles. The summed E-state index contributed by atoms with van der Waals surface area (Å²) in [4.78, 5) is 12.9. The van der Waals surface area contributed by atoms with Crippen LogP contribution in [0.4, 0.5) is 5.69 Å². The average molecular weight is 290 g/mol. The van der Waals surface area contributed by atoms with Crippen LogP contribution >= 0.6 is 23.2 Å². The third-order valence-electron chi connectivity index (χ3n) is 2.66. The van der Waals surface area contributed by atoms with Crippen LogP contribution in [0.1, 0.15) is 20.3 Å². The molecule has 18 heavy (non-hydrogen) atoms. The summed E-state index contributed by atoms with van der Waals surface area (Å²) >= 11 is 12.0. The van der Waals surface area contributed by atoms with Gasteiger partial charge in [-0.15, -0.1) is 0 Å². The molecular formula is C13H17Cl2NO2. The van der Waals surface area contributed by atoms with Gasteiger partial charge < -0.3 is 10.0 Å². The molecule has 1 rings (SSSR count). The maximum absolute atomic E-state index is 10.9. The minimum Gasteiger partial charge on any atom is -0.481 e. The third-order valence-corrected chi connectivity index (χ3v) is 3.20. The Morgan fingerprint density at radius 1 is 1.44 bits per heavy atom. The third kappa shape index (κ3) is 4.07. The smallest absolute Gasteiger partial charge is 0.308 e. The molecule has 1 aromatic rings. The first kappa shape index (κ1) is 15.1. The van der Waals surface area contributed by atoms with E-state index >= 15 is 0 Å². The highest BCUT2D eigenvalue weighted by Crippen LogP contribution is 2.29. The van der Waals surface area contributed by atoms with Crippen LogP contribution in [0.3, 0.4) is 0 Å². The highest BCUT2D eigenvalue weighted by Gasteiger charge is 2.17. The van der Waals surface area contributed by atoms with Crippen LogP contribution in [0, 0.1) is 5.92 Å². The summed E-state index contributed by atoms with van der Waals surface area (Å²) < 4.78 is 0. The van der Waals surface area contributed by atoms with Crippen molar-refractivity contribution in [2.45, 2.75) is 20.3 Å². The summed E-state index contributed by atoms with van der Waals surface area (Å²) in [6.07, 6.45) is 0.922. The van der Waals surface area contributed by atoms with Crippen LogP contribution in [-0.2, 0) is 4.79 Å². The van der Waals surface area contributed by atoms with Gasteiger partial charge in [0, 0.05) is 18.1 Å². The molecule has 0 aliphatic carbocycles. The van der Waals surface area contributed by atoms with Gasteiger partial charge in [0.25, 0.3) is 0 Å². The molecule has 100 valence electrons. The monoisotopic (exact) mass is 289 g/mol. The lowest BCUT2D eigenvalue weighted by molar-refractivity contribution is -0.140. The highest BCUT2D eigenvalue weighted by molar-refractivity contribution is 6.36. The highest BCUT2D eigenvalue weighted by atomic mass is 35.5. The zero-order valence-electron chi connectivity index (χ0n) is 10.5. The van der Waals surface area contributed by atoms with Gasteiger partial charge >= 0.3 is 5.97 Å². The number of anilines is 1. The fourth-order valence-electron chi connectivity index (χ4n) is 1.73. The van der Waals surface area contributed by atoms with Crippen molar-refractivity contribution in [1.29, 1.82) is 0 Å². The van der Waals surface area contributed by atoms with Crippen molar-refractivity contribution in [2.24, 2.45) is 5.92 Å². The fraction of sp³-hybridized carbons (Fsp3) is 0.462. The zero-order valence-corrected chi connectivity index (χ0v) is 12.0. The average Bonchev–Trinajstić information content (AvgIpc) is 2.28. The second kappa shape index (κ2) is 6.86. The molecule has 0 saturated heterocycles. The van der Waals surface area contributed by atoms with Crippen LogP contribution in [-0.4, -0.2) is 24.2 Å². The van der Waals surface area contributed by atoms with Gasteiger partial charge in [0.1, 0.15) is 0 Å². The van der Waals surface area contributed by atoms with E-state index in [9.17, 15) is 4.79 Å². The van der Waals surface area contributed by atoms with E-state index < -0.39 is 11.9 Å². The first-order valence-corrected chi connectivity index (χ1v) is 6.64. The molecule has 0 saturated carbocycles. The van der Waals surface area contributed by atoms with Gasteiger partial charge in [-0.3, -0.25) is 4.79 Å². The van der Waals surface area contributed by atoms with Crippen LogP contribution in [0.2, 0.25) is 10.0 Å². The Morgan fingerprint density at radius 3 is 2.61 bits per heavy atom. The van der Waals surface area contributed by atoms with E-state index in [4.69, 9.17) is 28.3 Å². The van der Waals surface area contributed by atoms with Crippen LogP contribution < -0.4 is 4.90 Å². The molecular weight excluding hydrogens is 273 g/mol. The molecule has 0 aromatic heterocycles. The summed E-state index contributed by atoms with van der Waals surface area (Å²) in [5.41, 5.74) is 0.830. The first-order chi connectivity index (χ1) is 8.45. The van der Waals surface area contributed by atoms with Gasteiger partial charge in [-0.1, -0.05) is 37.0 Å². The van der Waals surface area contributed by atoms with Crippen molar-refractivity contribution < 1.29 is 9.90 Å². The van der Waals surface area contributed by atoms with E-state index in [1.165, 1.54) is 0 Å². The molecule has 1 unspecified atom stereocenters. The summed E-state index contributed by atoms with van der Waals surface area (Å²) in [7, 11) is 0. The Hall–Kier alpha value is -0.930. The predicted molar refractivity (Wildman–Crippen MR) is 75.8 cm³/mol. The zero-order chi connectivity index (χ0) is 13.7. The Morgan fingerprint density at radius 2 is 2.11 bits per heavy atom. The minimum atomic E-state index is -0.804. The summed E-state index contributed by atoms with van der Waals surface area (Å²) in [6, 6.07) is 5.26. The minimum absolute atomic E-state index is 0.435. The molecule has 3 nitrogen and oxygen atoms in total. The largest absolute Gasteiger partial charge is 0.481 e. The van der Waals surface area contributed by atoms with Crippen molar-refractivity contribution in [3.05, 3.63) is 28.2 Å². The number of carbonyl (C=O) groups is 1. The lowest BCUT2D eigenvalue weighted by Crippen LogP contribution is -2.32. The molecule has 0 spiro atoms. The number of benzene rings is 1. The van der Waals surface area contributed by atoms with Crippen molar-refractivity contribution in [3.8, 4) is 0 Å². The Kier molecular flexibility index (Phi) is 5.76. The van der Waals surface area contributed by atoms with Crippen LogP contribution in [0.15, 0.2) is 18.2 Å². The van der Waals surface area contributed by atoms with Crippen molar-refractivity contribution in [3.63, 3.8) is 0 Å². The van der Waals surface area contributed by atoms with Crippen LogP contribution in [0.25, 0.3) is 0 Å². The van der Waals surface area contributed by atoms with Gasteiger partial charge in [-0.2, -0.15) is 0 Å². The predicted octanol–water partition coefficient (Wildman–Crippen LogP) is 3.93. The van der Waals surface area contributed by atoms with Gasteiger partial charge in [-0.25, -0.2) is 0 Å². The summed E-state index contributed by atoms with van der Waals surface area (Å²) in [6.45, 7) is 4.93. The molecule has 0 aliphatic rings. The van der Waals surface area contributed by atoms with Gasteiger partial charge in [0.05, 0.1) is 16.6 Å². The maximum Gasteiger partial charge on any atom is 0.308 e. The Bertz CT molecular complexity index is 423. The lowest BCUT2D eigenvalue weighted by Gasteiger charge is -2.27. The van der Waals surface area contributed by atoms with Crippen molar-refractivity contribution in [1.82, 2.24) is 0 Å². The van der Waals surface area contributed by atoms with E-state index in [1.807, 2.05) is 17.9 Å². The summed E-state index contributed by atoms with van der Waals surface area (Å²) in [5.74, 6) is -1.25.